The number of aromatic nitrogens is 2. The maximum atomic E-state index is 12.8. The molecule has 2 nitrogen and oxygen atoms in total. The minimum atomic E-state index is -4.39. The van der Waals surface area contributed by atoms with Gasteiger partial charge in [0.15, 0.2) is 0 Å². The summed E-state index contributed by atoms with van der Waals surface area (Å²) in [5.41, 5.74) is 0.0630. The summed E-state index contributed by atoms with van der Waals surface area (Å²) in [6.45, 7) is 0. The van der Waals surface area contributed by atoms with E-state index in [1.165, 1.54) is 17.4 Å². The van der Waals surface area contributed by atoms with Crippen LogP contribution in [-0.4, -0.2) is 9.97 Å². The summed E-state index contributed by atoms with van der Waals surface area (Å²) in [6.07, 6.45) is -4.39. The summed E-state index contributed by atoms with van der Waals surface area (Å²) in [5, 5.41) is 2.51. The Labute approximate surface area is 120 Å². The van der Waals surface area contributed by atoms with Crippen LogP contribution in [0.2, 0.25) is 5.28 Å². The minimum absolute atomic E-state index is 0.0207. The van der Waals surface area contributed by atoms with Gasteiger partial charge in [0.05, 0.1) is 11.3 Å². The van der Waals surface area contributed by atoms with Crippen LogP contribution < -0.4 is 0 Å². The highest BCUT2D eigenvalue weighted by atomic mass is 35.5. The lowest BCUT2D eigenvalue weighted by Gasteiger charge is -2.09. The van der Waals surface area contributed by atoms with Crippen molar-refractivity contribution in [3.8, 4) is 11.3 Å². The number of rotatable bonds is 1. The first-order valence-corrected chi connectivity index (χ1v) is 6.79. The first kappa shape index (κ1) is 13.3. The van der Waals surface area contributed by atoms with E-state index in [2.05, 4.69) is 9.97 Å². The van der Waals surface area contributed by atoms with E-state index in [-0.39, 0.29) is 5.28 Å². The molecule has 2 heterocycles. The monoisotopic (exact) mass is 314 g/mol. The molecule has 3 aromatic rings. The Kier molecular flexibility index (Phi) is 3.14. The molecule has 0 atom stereocenters. The van der Waals surface area contributed by atoms with E-state index in [0.29, 0.717) is 21.5 Å². The maximum Gasteiger partial charge on any atom is 0.416 e. The topological polar surface area (TPSA) is 25.8 Å². The molecule has 0 N–H and O–H groups in total. The predicted octanol–water partition coefficient (Wildman–Crippen LogP) is 5.03. The second kappa shape index (κ2) is 4.71. The standard InChI is InChI=1S/C13H6ClF3N2S/c14-12-18-10(9-4-5-20-11(9)19-12)7-2-1-3-8(6-7)13(15,16)17/h1-6H. The van der Waals surface area contributed by atoms with Crippen LogP contribution in [-0.2, 0) is 6.18 Å². The van der Waals surface area contributed by atoms with Crippen molar-refractivity contribution in [1.29, 1.82) is 0 Å². The largest absolute Gasteiger partial charge is 0.416 e. The molecule has 0 aliphatic rings. The van der Waals surface area contributed by atoms with Crippen LogP contribution in [0, 0.1) is 0 Å². The van der Waals surface area contributed by atoms with Gasteiger partial charge in [-0.15, -0.1) is 11.3 Å². The number of hydrogen-bond acceptors (Lipinski definition) is 3. The van der Waals surface area contributed by atoms with Gasteiger partial charge in [-0.25, -0.2) is 9.97 Å². The van der Waals surface area contributed by atoms with Gasteiger partial charge in [0.1, 0.15) is 4.83 Å². The van der Waals surface area contributed by atoms with Crippen molar-refractivity contribution in [2.75, 3.05) is 0 Å². The Hall–Kier alpha value is -1.66. The Morgan fingerprint density at radius 1 is 1.10 bits per heavy atom. The van der Waals surface area contributed by atoms with Crippen molar-refractivity contribution >= 4 is 33.2 Å². The third kappa shape index (κ3) is 2.36. The van der Waals surface area contributed by atoms with Crippen LogP contribution in [0.15, 0.2) is 35.7 Å². The van der Waals surface area contributed by atoms with Crippen LogP contribution in [0.1, 0.15) is 5.56 Å². The summed E-state index contributed by atoms with van der Waals surface area (Å²) in [6, 6.07) is 6.79. The Bertz CT molecular complexity index is 783. The highest BCUT2D eigenvalue weighted by Gasteiger charge is 2.30. The molecule has 3 rings (SSSR count). The first-order valence-electron chi connectivity index (χ1n) is 5.53. The van der Waals surface area contributed by atoms with E-state index in [1.54, 1.807) is 17.5 Å². The molecule has 2 aromatic heterocycles. The molecule has 0 fully saturated rings. The highest BCUT2D eigenvalue weighted by molar-refractivity contribution is 7.16. The fourth-order valence-electron chi connectivity index (χ4n) is 1.89. The molecule has 0 unspecified atom stereocenters. The second-order valence-corrected chi connectivity index (χ2v) is 5.29. The zero-order valence-electron chi connectivity index (χ0n) is 9.78. The molecule has 0 amide bonds. The van der Waals surface area contributed by atoms with Gasteiger partial charge in [-0.3, -0.25) is 0 Å². The normalized spacial score (nSPS) is 12.0. The average molecular weight is 315 g/mol. The molecule has 0 aliphatic heterocycles. The molecular weight excluding hydrogens is 309 g/mol. The van der Waals surface area contributed by atoms with Crippen molar-refractivity contribution in [3.05, 3.63) is 46.6 Å². The van der Waals surface area contributed by atoms with E-state index < -0.39 is 11.7 Å². The molecule has 0 saturated heterocycles. The number of benzene rings is 1. The van der Waals surface area contributed by atoms with E-state index in [4.69, 9.17) is 11.6 Å². The van der Waals surface area contributed by atoms with Gasteiger partial charge in [-0.2, -0.15) is 13.2 Å². The quantitative estimate of drug-likeness (QED) is 0.589. The third-order valence-corrected chi connectivity index (χ3v) is 3.74. The molecule has 0 bridgehead atoms. The van der Waals surface area contributed by atoms with Crippen molar-refractivity contribution in [1.82, 2.24) is 9.97 Å². The Morgan fingerprint density at radius 3 is 2.65 bits per heavy atom. The van der Waals surface area contributed by atoms with Gasteiger partial charge in [-0.1, -0.05) is 12.1 Å². The lowest BCUT2D eigenvalue weighted by atomic mass is 10.1. The van der Waals surface area contributed by atoms with Crippen LogP contribution in [0.4, 0.5) is 13.2 Å². The molecular formula is C13H6ClF3N2S. The maximum absolute atomic E-state index is 12.8. The highest BCUT2D eigenvalue weighted by Crippen LogP contribution is 2.34. The van der Waals surface area contributed by atoms with Crippen molar-refractivity contribution < 1.29 is 13.2 Å². The molecule has 20 heavy (non-hydrogen) atoms. The average Bonchev–Trinajstić information content (AvgIpc) is 2.85. The summed E-state index contributed by atoms with van der Waals surface area (Å²) in [7, 11) is 0. The van der Waals surface area contributed by atoms with Crippen molar-refractivity contribution in [2.24, 2.45) is 0 Å². The number of nitrogens with zero attached hydrogens (tertiary/aromatic N) is 2. The zero-order valence-corrected chi connectivity index (χ0v) is 11.4. The van der Waals surface area contributed by atoms with Gasteiger partial charge in [0.25, 0.3) is 0 Å². The van der Waals surface area contributed by atoms with Crippen molar-refractivity contribution in [3.63, 3.8) is 0 Å². The SMILES string of the molecule is FC(F)(F)c1cccc(-c2nc(Cl)nc3sccc23)c1. The number of halogens is 4. The molecule has 0 spiro atoms. The molecule has 7 heteroatoms. The Morgan fingerprint density at radius 2 is 1.90 bits per heavy atom. The summed E-state index contributed by atoms with van der Waals surface area (Å²) < 4.78 is 38.3. The lowest BCUT2D eigenvalue weighted by Crippen LogP contribution is -2.04. The third-order valence-electron chi connectivity index (χ3n) is 2.76. The van der Waals surface area contributed by atoms with Gasteiger partial charge in [-0.05, 0) is 35.2 Å². The summed E-state index contributed by atoms with van der Waals surface area (Å²) >= 11 is 7.18. The van der Waals surface area contributed by atoms with Crippen LogP contribution >= 0.6 is 22.9 Å². The minimum Gasteiger partial charge on any atom is -0.217 e. The Balaban J connectivity index is 2.23. The van der Waals surface area contributed by atoms with Crippen LogP contribution in [0.25, 0.3) is 21.5 Å². The lowest BCUT2D eigenvalue weighted by molar-refractivity contribution is -0.137. The number of thiophene rings is 1. The van der Waals surface area contributed by atoms with E-state index in [1.807, 2.05) is 0 Å². The van der Waals surface area contributed by atoms with E-state index >= 15 is 0 Å². The van der Waals surface area contributed by atoms with Gasteiger partial charge >= 0.3 is 6.18 Å². The fraction of sp³-hybridized carbons (Fsp3) is 0.0769. The number of fused-ring (bicyclic) bond motifs is 1. The summed E-state index contributed by atoms with van der Waals surface area (Å²) in [5.74, 6) is 0. The van der Waals surface area contributed by atoms with Gasteiger partial charge in [0, 0.05) is 10.9 Å². The fourth-order valence-corrected chi connectivity index (χ4v) is 2.88. The van der Waals surface area contributed by atoms with Gasteiger partial charge < -0.3 is 0 Å². The zero-order chi connectivity index (χ0) is 14.3. The number of hydrogen-bond donors (Lipinski definition) is 0. The van der Waals surface area contributed by atoms with Crippen molar-refractivity contribution in [2.45, 2.75) is 6.18 Å². The smallest absolute Gasteiger partial charge is 0.217 e. The van der Waals surface area contributed by atoms with Gasteiger partial charge in [0.2, 0.25) is 5.28 Å². The predicted molar refractivity (Wildman–Crippen MR) is 72.9 cm³/mol. The summed E-state index contributed by atoms with van der Waals surface area (Å²) in [4.78, 5) is 8.75. The van der Waals surface area contributed by atoms with E-state index in [9.17, 15) is 13.2 Å². The molecule has 0 saturated carbocycles. The van der Waals surface area contributed by atoms with Crippen LogP contribution in [0.5, 0.6) is 0 Å². The van der Waals surface area contributed by atoms with E-state index in [0.717, 1.165) is 12.1 Å². The first-order chi connectivity index (χ1) is 9.45. The molecule has 1 aromatic carbocycles. The molecule has 102 valence electrons. The second-order valence-electron chi connectivity index (χ2n) is 4.06. The molecule has 0 aliphatic carbocycles. The number of alkyl halides is 3. The molecule has 0 radical (unpaired) electrons. The van der Waals surface area contributed by atoms with Crippen LogP contribution in [0.3, 0.4) is 0 Å².